The molecule has 4 rings (SSSR count). The summed E-state index contributed by atoms with van der Waals surface area (Å²) in [6.45, 7) is 13.9. The molecule has 3 aromatic carbocycles. The second kappa shape index (κ2) is 11.1. The molecule has 0 nitrogen and oxygen atoms in total. The van der Waals surface area contributed by atoms with E-state index in [2.05, 4.69) is 122 Å². The van der Waals surface area contributed by atoms with Crippen molar-refractivity contribution in [3.8, 4) is 0 Å². The van der Waals surface area contributed by atoms with Crippen molar-refractivity contribution < 1.29 is 57.7 Å². The van der Waals surface area contributed by atoms with Gasteiger partial charge in [0.05, 0.1) is 0 Å². The van der Waals surface area contributed by atoms with Crippen molar-refractivity contribution in [2.24, 2.45) is 0 Å². The smallest absolute Gasteiger partial charge is 1.00 e. The predicted molar refractivity (Wildman–Crippen MR) is 124 cm³/mol. The number of halogens is 3. The van der Waals surface area contributed by atoms with E-state index in [0.717, 1.165) is 0 Å². The summed E-state index contributed by atoms with van der Waals surface area (Å²) in [5.41, 5.74) is 9.97. The maximum atomic E-state index is 2.57. The van der Waals surface area contributed by atoms with Gasteiger partial charge in [0.1, 0.15) is 0 Å². The van der Waals surface area contributed by atoms with E-state index in [4.69, 9.17) is 0 Å². The minimum absolute atomic E-state index is 0. The third kappa shape index (κ3) is 4.99. The van der Waals surface area contributed by atoms with Gasteiger partial charge in [0.2, 0.25) is 0 Å². The maximum Gasteiger partial charge on any atom is -1.00 e. The molecular weight excluding hydrogens is 507 g/mol. The summed E-state index contributed by atoms with van der Waals surface area (Å²) in [5, 5.41) is 4.67. The molecule has 1 unspecified atom stereocenters. The van der Waals surface area contributed by atoms with Crippen molar-refractivity contribution in [3.05, 3.63) is 99.6 Å². The van der Waals surface area contributed by atoms with Gasteiger partial charge in [-0.3, -0.25) is 0 Å². The molecule has 5 heteroatoms. The van der Waals surface area contributed by atoms with Gasteiger partial charge in [-0.05, 0) is 0 Å². The minimum atomic E-state index is -2.17. The molecule has 0 radical (unpaired) electrons. The van der Waals surface area contributed by atoms with Gasteiger partial charge in [-0.1, -0.05) is 0 Å². The van der Waals surface area contributed by atoms with E-state index in [0.29, 0.717) is 4.22 Å². The largest absolute Gasteiger partial charge is 1.00 e. The summed E-state index contributed by atoms with van der Waals surface area (Å²) in [7, 11) is -2.17. The molecule has 0 N–H and O–H groups in total. The zero-order chi connectivity index (χ0) is 20.9. The van der Waals surface area contributed by atoms with Crippen LogP contribution in [0.1, 0.15) is 44.5 Å². The Kier molecular flexibility index (Phi) is 10.1. The van der Waals surface area contributed by atoms with Crippen molar-refractivity contribution >= 4 is 23.6 Å². The van der Waals surface area contributed by atoms with E-state index in [1.165, 1.54) is 43.8 Å². The number of aryl methyl sites for hydroxylation is 4. The normalized spacial score (nSPS) is 14.8. The van der Waals surface area contributed by atoms with Gasteiger partial charge in [0.25, 0.3) is 0 Å². The average molecular weight is 536 g/mol. The Balaban J connectivity index is 0.00000171. The van der Waals surface area contributed by atoms with Gasteiger partial charge in [0, 0.05) is 0 Å². The predicted octanol–water partition coefficient (Wildman–Crippen LogP) is -3.26. The van der Waals surface area contributed by atoms with Crippen LogP contribution in [0.15, 0.2) is 66.2 Å². The van der Waals surface area contributed by atoms with Gasteiger partial charge in [-0.15, -0.1) is 0 Å². The average Bonchev–Trinajstić information content (AvgIpc) is 2.91. The zero-order valence-corrected chi connectivity index (χ0v) is 24.3. The standard InChI is InChI=1S/C27H29Si.3ClH.Ti/c1-18-11-19(2)14-24(13-18)28(6,25-15-20(3)12-21(4)16-25)27-22(5)17-23-9-7-8-10-26(23)27;;;;/h7-17H,1-6H3;3*1H;/q;;;;+3/p-3. The SMILES string of the molecule is CC1=C([Si](C)(c2cc(C)cc(C)c2)c2cc(C)cc(C)c2)c2ccccc2[CH]1[Ti+3].[Cl-].[Cl-].[Cl-]. The molecule has 0 heterocycles. The van der Waals surface area contributed by atoms with Crippen LogP contribution < -0.4 is 47.6 Å². The Morgan fingerprint density at radius 2 is 1.06 bits per heavy atom. The number of hydrogen-bond acceptors (Lipinski definition) is 0. The Bertz CT molecular complexity index is 1060. The van der Waals surface area contributed by atoms with Gasteiger partial charge < -0.3 is 37.2 Å². The topological polar surface area (TPSA) is 0 Å². The van der Waals surface area contributed by atoms with E-state index < -0.39 is 8.07 Å². The molecule has 0 saturated carbocycles. The maximum absolute atomic E-state index is 2.57. The van der Waals surface area contributed by atoms with Crippen LogP contribution in [0.4, 0.5) is 0 Å². The van der Waals surface area contributed by atoms with Crippen LogP contribution >= 0.6 is 0 Å². The molecule has 0 spiro atoms. The first-order valence-electron chi connectivity index (χ1n) is 10.4. The molecule has 0 amide bonds. The quantitative estimate of drug-likeness (QED) is 0.309. The van der Waals surface area contributed by atoms with Crippen molar-refractivity contribution in [3.63, 3.8) is 0 Å². The number of rotatable bonds is 3. The molecule has 0 fully saturated rings. The fourth-order valence-corrected chi connectivity index (χ4v) is 10.7. The van der Waals surface area contributed by atoms with Crippen LogP contribution in [0.3, 0.4) is 0 Å². The third-order valence-corrected chi connectivity index (χ3v) is 12.2. The summed E-state index contributed by atoms with van der Waals surface area (Å²) < 4.78 is 0.491. The molecule has 0 aromatic heterocycles. The minimum Gasteiger partial charge on any atom is -1.00 e. The first kappa shape index (κ1) is 29.2. The van der Waals surface area contributed by atoms with Crippen molar-refractivity contribution in [1.82, 2.24) is 0 Å². The van der Waals surface area contributed by atoms with Gasteiger partial charge in [-0.2, -0.15) is 0 Å². The molecule has 1 atom stereocenters. The fourth-order valence-electron chi connectivity index (χ4n) is 5.21. The Hall–Kier alpha value is -0.799. The van der Waals surface area contributed by atoms with Gasteiger partial charge >= 0.3 is 189 Å². The number of fused-ring (bicyclic) bond motifs is 1. The molecule has 3 aromatic rings. The van der Waals surface area contributed by atoms with Crippen LogP contribution in [0.2, 0.25) is 6.55 Å². The monoisotopic (exact) mass is 534 g/mol. The molecule has 1 aliphatic rings. The molecule has 0 bridgehead atoms. The van der Waals surface area contributed by atoms with Crippen molar-refractivity contribution in [1.29, 1.82) is 0 Å². The van der Waals surface area contributed by atoms with Crippen LogP contribution in [-0.2, 0) is 20.4 Å². The summed E-state index contributed by atoms with van der Waals surface area (Å²) in [6, 6.07) is 23.5. The van der Waals surface area contributed by atoms with Crippen molar-refractivity contribution in [2.75, 3.05) is 0 Å². The van der Waals surface area contributed by atoms with Crippen LogP contribution in [0.25, 0.3) is 5.20 Å². The second-order valence-electron chi connectivity index (χ2n) is 8.96. The molecule has 166 valence electrons. The van der Waals surface area contributed by atoms with Crippen LogP contribution in [0, 0.1) is 27.7 Å². The molecule has 0 aliphatic heterocycles. The summed E-state index contributed by atoms with van der Waals surface area (Å²) in [5.74, 6) is 0. The van der Waals surface area contributed by atoms with E-state index in [9.17, 15) is 0 Å². The van der Waals surface area contributed by atoms with Crippen LogP contribution in [-0.4, -0.2) is 8.07 Å². The number of benzene rings is 3. The molecule has 1 aliphatic carbocycles. The van der Waals surface area contributed by atoms with Crippen LogP contribution in [0.5, 0.6) is 0 Å². The zero-order valence-electron chi connectivity index (χ0n) is 19.5. The van der Waals surface area contributed by atoms with E-state index in [1.54, 1.807) is 10.8 Å². The number of allylic oxidation sites excluding steroid dienone is 1. The Morgan fingerprint density at radius 3 is 1.50 bits per heavy atom. The van der Waals surface area contributed by atoms with E-state index in [-0.39, 0.29) is 37.2 Å². The molecular formula is C27H29Cl3SiTi. The van der Waals surface area contributed by atoms with Gasteiger partial charge in [-0.25, -0.2) is 0 Å². The Morgan fingerprint density at radius 1 is 0.656 bits per heavy atom. The van der Waals surface area contributed by atoms with E-state index in [1.807, 2.05) is 0 Å². The summed E-state index contributed by atoms with van der Waals surface area (Å²) in [6.07, 6.45) is 0. The molecule has 32 heavy (non-hydrogen) atoms. The fraction of sp³-hybridized carbons (Fsp3) is 0.259. The number of hydrogen-bond donors (Lipinski definition) is 0. The third-order valence-electron chi connectivity index (χ3n) is 6.47. The Labute approximate surface area is 225 Å². The first-order chi connectivity index (χ1) is 13.7. The second-order valence-corrected chi connectivity index (χ2v) is 13.8. The van der Waals surface area contributed by atoms with Gasteiger partial charge in [0.15, 0.2) is 0 Å². The summed E-state index contributed by atoms with van der Waals surface area (Å²) >= 11 is 2.37. The summed E-state index contributed by atoms with van der Waals surface area (Å²) in [4.78, 5) is 0. The van der Waals surface area contributed by atoms with Crippen molar-refractivity contribution in [2.45, 2.75) is 45.4 Å². The molecule has 0 saturated heterocycles. The van der Waals surface area contributed by atoms with E-state index >= 15 is 0 Å². The first-order valence-corrected chi connectivity index (χ1v) is 13.8.